The number of halogens is 1. The highest BCUT2D eigenvalue weighted by Gasteiger charge is 2.27. The molecule has 0 bridgehead atoms. The third-order valence-corrected chi connectivity index (χ3v) is 3.06. The van der Waals surface area contributed by atoms with Gasteiger partial charge in [0.15, 0.2) is 0 Å². The summed E-state index contributed by atoms with van der Waals surface area (Å²) < 4.78 is 18.3. The Bertz CT molecular complexity index is 393. The zero-order chi connectivity index (χ0) is 12.4. The predicted octanol–water partition coefficient (Wildman–Crippen LogP) is 2.01. The molecule has 0 heterocycles. The highest BCUT2D eigenvalue weighted by molar-refractivity contribution is 5.36. The fourth-order valence-corrected chi connectivity index (χ4v) is 1.92. The third-order valence-electron chi connectivity index (χ3n) is 3.06. The van der Waals surface area contributed by atoms with Crippen LogP contribution < -0.4 is 10.1 Å². The summed E-state index contributed by atoms with van der Waals surface area (Å²) in [6.45, 7) is 1.90. The molecular weight excluding hydrogens is 221 g/mol. The molecule has 1 aliphatic carbocycles. The Morgan fingerprint density at radius 1 is 1.47 bits per heavy atom. The summed E-state index contributed by atoms with van der Waals surface area (Å²) in [5.74, 6) is 0.154. The average Bonchev–Trinajstić information content (AvgIpc) is 3.11. The number of aliphatic hydroxyl groups excluding tert-OH is 1. The lowest BCUT2D eigenvalue weighted by Crippen LogP contribution is -2.33. The van der Waals surface area contributed by atoms with Gasteiger partial charge in [-0.3, -0.25) is 0 Å². The van der Waals surface area contributed by atoms with Crippen LogP contribution in [-0.4, -0.2) is 24.3 Å². The Morgan fingerprint density at radius 3 is 2.76 bits per heavy atom. The van der Waals surface area contributed by atoms with Crippen LogP contribution in [0.3, 0.4) is 0 Å². The number of nitrogens with one attached hydrogen (secondary N) is 1. The van der Waals surface area contributed by atoms with E-state index in [4.69, 9.17) is 4.74 Å². The topological polar surface area (TPSA) is 41.5 Å². The SMILES string of the molecule is COc1ccc(F)cc1C(O)C(C)NC1CC1. The van der Waals surface area contributed by atoms with Crippen LogP contribution in [0.25, 0.3) is 0 Å². The number of ether oxygens (including phenoxy) is 1. The molecule has 0 radical (unpaired) electrons. The third kappa shape index (κ3) is 2.96. The molecule has 0 aliphatic heterocycles. The minimum Gasteiger partial charge on any atom is -0.496 e. The Kier molecular flexibility index (Phi) is 3.64. The molecule has 2 atom stereocenters. The van der Waals surface area contributed by atoms with Crippen LogP contribution in [0.4, 0.5) is 4.39 Å². The lowest BCUT2D eigenvalue weighted by atomic mass is 10.0. The molecule has 0 saturated heterocycles. The van der Waals surface area contributed by atoms with E-state index in [2.05, 4.69) is 5.32 Å². The van der Waals surface area contributed by atoms with Gasteiger partial charge in [0.25, 0.3) is 0 Å². The molecule has 17 heavy (non-hydrogen) atoms. The Morgan fingerprint density at radius 2 is 2.18 bits per heavy atom. The normalized spacial score (nSPS) is 18.8. The summed E-state index contributed by atoms with van der Waals surface area (Å²) in [6, 6.07) is 4.58. The molecule has 1 aromatic rings. The molecule has 1 fully saturated rings. The Balaban J connectivity index is 2.15. The minimum atomic E-state index is -0.763. The smallest absolute Gasteiger partial charge is 0.124 e. The molecule has 1 saturated carbocycles. The van der Waals surface area contributed by atoms with E-state index in [1.165, 1.54) is 25.3 Å². The van der Waals surface area contributed by atoms with Crippen molar-refractivity contribution in [2.75, 3.05) is 7.11 Å². The van der Waals surface area contributed by atoms with Crippen molar-refractivity contribution < 1.29 is 14.2 Å². The highest BCUT2D eigenvalue weighted by atomic mass is 19.1. The second-order valence-electron chi connectivity index (χ2n) is 4.56. The first-order chi connectivity index (χ1) is 8.11. The van der Waals surface area contributed by atoms with Gasteiger partial charge in [0.05, 0.1) is 13.2 Å². The van der Waals surface area contributed by atoms with Gasteiger partial charge >= 0.3 is 0 Å². The van der Waals surface area contributed by atoms with Gasteiger partial charge in [-0.1, -0.05) is 0 Å². The quantitative estimate of drug-likeness (QED) is 0.826. The van der Waals surface area contributed by atoms with Gasteiger partial charge < -0.3 is 15.2 Å². The van der Waals surface area contributed by atoms with E-state index in [0.717, 1.165) is 12.8 Å². The van der Waals surface area contributed by atoms with E-state index in [1.807, 2.05) is 6.92 Å². The average molecular weight is 239 g/mol. The number of rotatable bonds is 5. The lowest BCUT2D eigenvalue weighted by Gasteiger charge is -2.22. The molecule has 1 aliphatic rings. The van der Waals surface area contributed by atoms with Crippen LogP contribution in [0.5, 0.6) is 5.75 Å². The molecule has 0 aromatic heterocycles. The Hall–Kier alpha value is -1.13. The van der Waals surface area contributed by atoms with E-state index in [0.29, 0.717) is 17.4 Å². The maximum Gasteiger partial charge on any atom is 0.124 e. The van der Waals surface area contributed by atoms with Gasteiger partial charge in [-0.15, -0.1) is 0 Å². The van der Waals surface area contributed by atoms with Crippen molar-refractivity contribution >= 4 is 0 Å². The van der Waals surface area contributed by atoms with E-state index in [1.54, 1.807) is 0 Å². The molecule has 1 aromatic carbocycles. The van der Waals surface area contributed by atoms with Crippen molar-refractivity contribution in [3.05, 3.63) is 29.6 Å². The first-order valence-electron chi connectivity index (χ1n) is 5.89. The van der Waals surface area contributed by atoms with Gasteiger partial charge in [-0.05, 0) is 38.0 Å². The molecule has 0 amide bonds. The first kappa shape index (κ1) is 12.3. The highest BCUT2D eigenvalue weighted by Crippen LogP contribution is 2.29. The van der Waals surface area contributed by atoms with Gasteiger partial charge in [0.1, 0.15) is 11.6 Å². The van der Waals surface area contributed by atoms with Crippen LogP contribution >= 0.6 is 0 Å². The van der Waals surface area contributed by atoms with Crippen molar-refractivity contribution in [1.82, 2.24) is 5.32 Å². The predicted molar refractivity (Wildman–Crippen MR) is 63.5 cm³/mol. The number of methoxy groups -OCH3 is 1. The molecule has 94 valence electrons. The molecule has 2 N–H and O–H groups in total. The summed E-state index contributed by atoms with van der Waals surface area (Å²) in [5, 5.41) is 13.5. The zero-order valence-electron chi connectivity index (χ0n) is 10.1. The van der Waals surface area contributed by atoms with E-state index in [-0.39, 0.29) is 11.9 Å². The second-order valence-corrected chi connectivity index (χ2v) is 4.56. The Labute approximate surface area is 101 Å². The van der Waals surface area contributed by atoms with Crippen LogP contribution in [0.1, 0.15) is 31.4 Å². The fourth-order valence-electron chi connectivity index (χ4n) is 1.92. The summed E-state index contributed by atoms with van der Waals surface area (Å²) in [4.78, 5) is 0. The molecule has 0 spiro atoms. The van der Waals surface area contributed by atoms with E-state index < -0.39 is 6.10 Å². The van der Waals surface area contributed by atoms with Crippen molar-refractivity contribution in [2.45, 2.75) is 38.0 Å². The molecule has 2 rings (SSSR count). The zero-order valence-corrected chi connectivity index (χ0v) is 10.1. The maximum absolute atomic E-state index is 13.2. The number of benzene rings is 1. The molecule has 2 unspecified atom stereocenters. The van der Waals surface area contributed by atoms with Crippen LogP contribution in [-0.2, 0) is 0 Å². The molecular formula is C13H18FNO2. The minimum absolute atomic E-state index is 0.113. The van der Waals surface area contributed by atoms with Crippen LogP contribution in [0.2, 0.25) is 0 Å². The van der Waals surface area contributed by atoms with Crippen molar-refractivity contribution in [1.29, 1.82) is 0 Å². The molecule has 4 heteroatoms. The van der Waals surface area contributed by atoms with E-state index >= 15 is 0 Å². The van der Waals surface area contributed by atoms with Gasteiger partial charge in [-0.2, -0.15) is 0 Å². The van der Waals surface area contributed by atoms with Crippen LogP contribution in [0, 0.1) is 5.82 Å². The lowest BCUT2D eigenvalue weighted by molar-refractivity contribution is 0.131. The van der Waals surface area contributed by atoms with Gasteiger partial charge in [-0.25, -0.2) is 4.39 Å². The summed E-state index contributed by atoms with van der Waals surface area (Å²) in [5.41, 5.74) is 0.494. The molecule has 3 nitrogen and oxygen atoms in total. The van der Waals surface area contributed by atoms with Crippen molar-refractivity contribution in [2.24, 2.45) is 0 Å². The van der Waals surface area contributed by atoms with Crippen molar-refractivity contribution in [3.63, 3.8) is 0 Å². The number of aliphatic hydroxyl groups is 1. The maximum atomic E-state index is 13.2. The monoisotopic (exact) mass is 239 g/mol. The van der Waals surface area contributed by atoms with E-state index in [9.17, 15) is 9.50 Å². The number of hydrogen-bond acceptors (Lipinski definition) is 3. The largest absolute Gasteiger partial charge is 0.496 e. The first-order valence-corrected chi connectivity index (χ1v) is 5.89. The summed E-state index contributed by atoms with van der Waals surface area (Å²) in [6.07, 6.45) is 1.54. The number of hydrogen-bond donors (Lipinski definition) is 2. The summed E-state index contributed by atoms with van der Waals surface area (Å²) >= 11 is 0. The van der Waals surface area contributed by atoms with Gasteiger partial charge in [0, 0.05) is 17.6 Å². The fraction of sp³-hybridized carbons (Fsp3) is 0.538. The van der Waals surface area contributed by atoms with Crippen LogP contribution in [0.15, 0.2) is 18.2 Å². The standard InChI is InChI=1S/C13H18FNO2/c1-8(15-10-4-5-10)13(16)11-7-9(14)3-6-12(11)17-2/h3,6-8,10,13,15-16H,4-5H2,1-2H3. The summed E-state index contributed by atoms with van der Waals surface area (Å²) in [7, 11) is 1.52. The van der Waals surface area contributed by atoms with Crippen molar-refractivity contribution in [3.8, 4) is 5.75 Å². The van der Waals surface area contributed by atoms with Gasteiger partial charge in [0.2, 0.25) is 0 Å². The second kappa shape index (κ2) is 5.02.